The van der Waals surface area contributed by atoms with Gasteiger partial charge in [0.25, 0.3) is 0 Å². The van der Waals surface area contributed by atoms with E-state index in [1.54, 1.807) is 0 Å². The number of rotatable bonds is 5. The summed E-state index contributed by atoms with van der Waals surface area (Å²) in [6.45, 7) is 2.37. The number of sulfonamides is 1. The van der Waals surface area contributed by atoms with E-state index in [1.807, 2.05) is 0 Å². The molecule has 0 heterocycles. The van der Waals surface area contributed by atoms with Gasteiger partial charge in [-0.2, -0.15) is 0 Å². The molecule has 0 unspecified atom stereocenters. The van der Waals surface area contributed by atoms with Crippen molar-refractivity contribution in [2.24, 2.45) is 5.92 Å². The largest absolute Gasteiger partial charge is 0.353 e. The zero-order valence-corrected chi connectivity index (χ0v) is 11.3. The Morgan fingerprint density at radius 3 is 2.65 bits per heavy atom. The third-order valence-electron chi connectivity index (χ3n) is 3.02. The summed E-state index contributed by atoms with van der Waals surface area (Å²) < 4.78 is 23.9. The molecule has 1 aliphatic rings. The highest BCUT2D eigenvalue weighted by Gasteiger charge is 2.20. The van der Waals surface area contributed by atoms with Crippen LogP contribution < -0.4 is 10.0 Å². The summed E-state index contributed by atoms with van der Waals surface area (Å²) in [4.78, 5) is 11.6. The fourth-order valence-electron chi connectivity index (χ4n) is 2.22. The van der Waals surface area contributed by atoms with Crippen molar-refractivity contribution < 1.29 is 13.2 Å². The van der Waals surface area contributed by atoms with Crippen molar-refractivity contribution in [2.75, 3.05) is 12.8 Å². The Morgan fingerprint density at radius 1 is 1.35 bits per heavy atom. The van der Waals surface area contributed by atoms with Crippen molar-refractivity contribution in [3.05, 3.63) is 0 Å². The molecule has 0 bridgehead atoms. The number of carbonyl (C=O) groups is 1. The van der Waals surface area contributed by atoms with E-state index in [-0.39, 0.29) is 24.9 Å². The normalized spacial score (nSPS) is 25.5. The van der Waals surface area contributed by atoms with Gasteiger partial charge in [0.05, 0.1) is 6.26 Å². The lowest BCUT2D eigenvalue weighted by molar-refractivity contribution is -0.121. The molecule has 5 nitrogen and oxygen atoms in total. The lowest BCUT2D eigenvalue weighted by atomic mass is 9.87. The predicted molar refractivity (Wildman–Crippen MR) is 67.0 cm³/mol. The van der Waals surface area contributed by atoms with Gasteiger partial charge in [0.1, 0.15) is 0 Å². The lowest BCUT2D eigenvalue weighted by Crippen LogP contribution is -2.39. The SMILES string of the molecule is C[C@@H]1CCC[C@@H](NC(=O)CCNS(C)(=O)=O)C1. The molecule has 0 aromatic carbocycles. The van der Waals surface area contributed by atoms with Crippen LogP contribution in [0.2, 0.25) is 0 Å². The second-order valence-corrected chi connectivity index (χ2v) is 6.79. The lowest BCUT2D eigenvalue weighted by Gasteiger charge is -2.27. The molecular formula is C11H22N2O3S. The quantitative estimate of drug-likeness (QED) is 0.762. The van der Waals surface area contributed by atoms with Crippen LogP contribution in [0.4, 0.5) is 0 Å². The van der Waals surface area contributed by atoms with Crippen LogP contribution in [0.5, 0.6) is 0 Å². The van der Waals surface area contributed by atoms with Crippen LogP contribution in [0.3, 0.4) is 0 Å². The van der Waals surface area contributed by atoms with E-state index in [2.05, 4.69) is 17.0 Å². The molecule has 17 heavy (non-hydrogen) atoms. The van der Waals surface area contributed by atoms with Gasteiger partial charge in [-0.25, -0.2) is 13.1 Å². The fraction of sp³-hybridized carbons (Fsp3) is 0.909. The van der Waals surface area contributed by atoms with E-state index in [1.165, 1.54) is 6.42 Å². The summed E-state index contributed by atoms with van der Waals surface area (Å²) in [7, 11) is -3.19. The van der Waals surface area contributed by atoms with Crippen molar-refractivity contribution >= 4 is 15.9 Å². The van der Waals surface area contributed by atoms with Gasteiger partial charge in [-0.1, -0.05) is 19.8 Å². The van der Waals surface area contributed by atoms with Crippen molar-refractivity contribution in [3.63, 3.8) is 0 Å². The second-order valence-electron chi connectivity index (χ2n) is 4.95. The predicted octanol–water partition coefficient (Wildman–Crippen LogP) is 0.621. The molecular weight excluding hydrogens is 240 g/mol. The topological polar surface area (TPSA) is 75.3 Å². The average Bonchev–Trinajstić information content (AvgIpc) is 2.15. The molecule has 1 amide bonds. The summed E-state index contributed by atoms with van der Waals surface area (Å²) in [5.74, 6) is 0.600. The maximum Gasteiger partial charge on any atom is 0.221 e. The Hall–Kier alpha value is -0.620. The molecule has 1 fully saturated rings. The monoisotopic (exact) mass is 262 g/mol. The zero-order valence-electron chi connectivity index (χ0n) is 10.5. The molecule has 6 heteroatoms. The summed E-state index contributed by atoms with van der Waals surface area (Å²) >= 11 is 0. The van der Waals surface area contributed by atoms with Crippen molar-refractivity contribution in [1.29, 1.82) is 0 Å². The van der Waals surface area contributed by atoms with Gasteiger partial charge in [-0.15, -0.1) is 0 Å². The van der Waals surface area contributed by atoms with Gasteiger partial charge in [-0.3, -0.25) is 4.79 Å². The Labute approximate surface area is 103 Å². The number of amides is 1. The minimum Gasteiger partial charge on any atom is -0.353 e. The van der Waals surface area contributed by atoms with Crippen LogP contribution in [0, 0.1) is 5.92 Å². The highest BCUT2D eigenvalue weighted by molar-refractivity contribution is 7.88. The van der Waals surface area contributed by atoms with Crippen LogP contribution in [0.1, 0.15) is 39.0 Å². The molecule has 2 N–H and O–H groups in total. The Kier molecular flexibility index (Phi) is 5.39. The first-order valence-corrected chi connectivity index (χ1v) is 8.00. The summed E-state index contributed by atoms with van der Waals surface area (Å²) in [5, 5.41) is 2.96. The molecule has 2 atom stereocenters. The minimum atomic E-state index is -3.19. The van der Waals surface area contributed by atoms with E-state index in [0.29, 0.717) is 5.92 Å². The number of nitrogens with one attached hydrogen (secondary N) is 2. The maximum absolute atomic E-state index is 11.6. The molecule has 0 radical (unpaired) electrons. The van der Waals surface area contributed by atoms with E-state index in [4.69, 9.17) is 0 Å². The molecule has 1 aliphatic carbocycles. The zero-order chi connectivity index (χ0) is 12.9. The molecule has 0 aromatic rings. The molecule has 0 aliphatic heterocycles. The van der Waals surface area contributed by atoms with E-state index < -0.39 is 10.0 Å². The molecule has 1 saturated carbocycles. The highest BCUT2D eigenvalue weighted by Crippen LogP contribution is 2.23. The van der Waals surface area contributed by atoms with Crippen LogP contribution in [0.15, 0.2) is 0 Å². The van der Waals surface area contributed by atoms with Gasteiger partial charge in [-0.05, 0) is 18.8 Å². The summed E-state index contributed by atoms with van der Waals surface area (Å²) in [5.41, 5.74) is 0. The van der Waals surface area contributed by atoms with E-state index >= 15 is 0 Å². The fourth-order valence-corrected chi connectivity index (χ4v) is 2.69. The van der Waals surface area contributed by atoms with Gasteiger partial charge in [0.2, 0.25) is 15.9 Å². The number of carbonyl (C=O) groups excluding carboxylic acids is 1. The van der Waals surface area contributed by atoms with E-state index in [0.717, 1.165) is 25.5 Å². The Morgan fingerprint density at radius 2 is 2.06 bits per heavy atom. The minimum absolute atomic E-state index is 0.0692. The summed E-state index contributed by atoms with van der Waals surface area (Å²) in [6, 6.07) is 0.268. The Bertz CT molecular complexity index is 354. The molecule has 0 spiro atoms. The van der Waals surface area contributed by atoms with E-state index in [9.17, 15) is 13.2 Å². The van der Waals surface area contributed by atoms with Crippen molar-refractivity contribution in [2.45, 2.75) is 45.1 Å². The third kappa shape index (κ3) is 6.63. The molecule has 0 saturated heterocycles. The molecule has 100 valence electrons. The first kappa shape index (κ1) is 14.4. The standard InChI is InChI=1S/C11H22N2O3S/c1-9-4-3-5-10(8-9)13-11(14)6-7-12-17(2,15)16/h9-10,12H,3-8H2,1-2H3,(H,13,14)/t9-,10-/m1/s1. The van der Waals surface area contributed by atoms with Crippen molar-refractivity contribution in [1.82, 2.24) is 10.0 Å². The number of hydrogen-bond acceptors (Lipinski definition) is 3. The first-order chi connectivity index (χ1) is 7.87. The smallest absolute Gasteiger partial charge is 0.221 e. The number of hydrogen-bond donors (Lipinski definition) is 2. The van der Waals surface area contributed by atoms with Crippen LogP contribution >= 0.6 is 0 Å². The van der Waals surface area contributed by atoms with Gasteiger partial charge in [0, 0.05) is 19.0 Å². The van der Waals surface area contributed by atoms with Gasteiger partial charge < -0.3 is 5.32 Å². The van der Waals surface area contributed by atoms with Gasteiger partial charge in [0.15, 0.2) is 0 Å². The van der Waals surface area contributed by atoms with Crippen LogP contribution in [0.25, 0.3) is 0 Å². The first-order valence-electron chi connectivity index (χ1n) is 6.11. The van der Waals surface area contributed by atoms with Gasteiger partial charge >= 0.3 is 0 Å². The Balaban J connectivity index is 2.20. The molecule has 1 rings (SSSR count). The van der Waals surface area contributed by atoms with Crippen LogP contribution in [-0.4, -0.2) is 33.2 Å². The van der Waals surface area contributed by atoms with Crippen LogP contribution in [-0.2, 0) is 14.8 Å². The average molecular weight is 262 g/mol. The molecule has 0 aromatic heterocycles. The summed E-state index contributed by atoms with van der Waals surface area (Å²) in [6.07, 6.45) is 5.77. The maximum atomic E-state index is 11.6. The third-order valence-corrected chi connectivity index (χ3v) is 3.75. The second kappa shape index (κ2) is 6.35. The van der Waals surface area contributed by atoms with Crippen molar-refractivity contribution in [3.8, 4) is 0 Å². The highest BCUT2D eigenvalue weighted by atomic mass is 32.2.